The Labute approximate surface area is 406 Å². The van der Waals surface area contributed by atoms with Crippen molar-refractivity contribution in [2.24, 2.45) is 0 Å². The SMILES string of the molecule is CCCCCCCCCCCCCCCCCCCCCCCCCCCCCCC(=O)OCC(COC(=O)CCCCCCCCCC)OC(=O)CCCCCCCCCCCCC. The Kier molecular flexibility index (Phi) is 53.7. The van der Waals surface area contributed by atoms with E-state index in [0.717, 1.165) is 57.8 Å². The van der Waals surface area contributed by atoms with Crippen LogP contribution >= 0.6 is 0 Å². The molecule has 65 heavy (non-hydrogen) atoms. The van der Waals surface area contributed by atoms with Gasteiger partial charge in [-0.25, -0.2) is 0 Å². The van der Waals surface area contributed by atoms with Crippen molar-refractivity contribution in [3.05, 3.63) is 0 Å². The molecule has 1 atom stereocenters. The summed E-state index contributed by atoms with van der Waals surface area (Å²) in [6.07, 6.45) is 61.4. The molecule has 6 heteroatoms. The molecule has 0 saturated carbocycles. The molecule has 0 radical (unpaired) electrons. The molecule has 0 aromatic carbocycles. The summed E-state index contributed by atoms with van der Waals surface area (Å²) < 4.78 is 16.8. The average Bonchev–Trinajstić information content (AvgIpc) is 3.30. The van der Waals surface area contributed by atoms with Crippen LogP contribution in [0.2, 0.25) is 0 Å². The largest absolute Gasteiger partial charge is 0.462 e. The fourth-order valence-electron chi connectivity index (χ4n) is 9.15. The van der Waals surface area contributed by atoms with E-state index in [4.69, 9.17) is 14.2 Å². The second-order valence-electron chi connectivity index (χ2n) is 20.3. The summed E-state index contributed by atoms with van der Waals surface area (Å²) in [7, 11) is 0. The molecule has 0 aliphatic carbocycles. The fraction of sp³-hybridized carbons (Fsp3) is 0.949. The van der Waals surface area contributed by atoms with E-state index in [1.54, 1.807) is 0 Å². The predicted molar refractivity (Wildman–Crippen MR) is 280 cm³/mol. The summed E-state index contributed by atoms with van der Waals surface area (Å²) >= 11 is 0. The highest BCUT2D eigenvalue weighted by Gasteiger charge is 2.19. The molecule has 6 nitrogen and oxygen atoms in total. The van der Waals surface area contributed by atoms with Gasteiger partial charge in [0.15, 0.2) is 6.10 Å². The summed E-state index contributed by atoms with van der Waals surface area (Å²) in [6.45, 7) is 6.66. The van der Waals surface area contributed by atoms with Gasteiger partial charge >= 0.3 is 17.9 Å². The highest BCUT2D eigenvalue weighted by molar-refractivity contribution is 5.71. The Morgan fingerprint density at radius 3 is 0.615 bits per heavy atom. The van der Waals surface area contributed by atoms with E-state index in [-0.39, 0.29) is 31.1 Å². The van der Waals surface area contributed by atoms with Gasteiger partial charge in [0.1, 0.15) is 13.2 Å². The standard InChI is InChI=1S/C59H114O6/c1-4-7-10-13-16-19-21-22-23-24-25-26-27-28-29-30-31-32-33-34-35-36-37-39-40-43-46-49-52-58(61)64-55-56(54-63-57(60)51-48-45-42-18-15-12-9-6-3)65-59(62)53-50-47-44-41-38-20-17-14-11-8-5-2/h56H,4-55H2,1-3H3. The minimum atomic E-state index is -0.759. The maximum atomic E-state index is 12.7. The van der Waals surface area contributed by atoms with E-state index >= 15 is 0 Å². The second-order valence-corrected chi connectivity index (χ2v) is 20.3. The number of ether oxygens (including phenoxy) is 3. The van der Waals surface area contributed by atoms with Gasteiger partial charge in [0.2, 0.25) is 0 Å². The van der Waals surface area contributed by atoms with Crippen LogP contribution in [0.4, 0.5) is 0 Å². The van der Waals surface area contributed by atoms with Crippen LogP contribution in [0.1, 0.15) is 342 Å². The monoisotopic (exact) mass is 919 g/mol. The molecule has 0 heterocycles. The Morgan fingerprint density at radius 1 is 0.246 bits per heavy atom. The third-order valence-electron chi connectivity index (χ3n) is 13.6. The van der Waals surface area contributed by atoms with E-state index in [2.05, 4.69) is 20.8 Å². The van der Waals surface area contributed by atoms with Crippen molar-refractivity contribution in [1.29, 1.82) is 0 Å². The molecule has 0 aromatic rings. The summed E-state index contributed by atoms with van der Waals surface area (Å²) in [5.41, 5.74) is 0. The van der Waals surface area contributed by atoms with Gasteiger partial charge in [-0.1, -0.05) is 303 Å². The first-order chi connectivity index (χ1) is 32.0. The smallest absolute Gasteiger partial charge is 0.306 e. The van der Waals surface area contributed by atoms with Crippen molar-refractivity contribution < 1.29 is 28.6 Å². The van der Waals surface area contributed by atoms with Gasteiger partial charge in [0.05, 0.1) is 0 Å². The molecule has 0 aliphatic heterocycles. The molecular weight excluding hydrogens is 805 g/mol. The third-order valence-corrected chi connectivity index (χ3v) is 13.6. The molecule has 386 valence electrons. The summed E-state index contributed by atoms with van der Waals surface area (Å²) in [5.74, 6) is -0.845. The minimum Gasteiger partial charge on any atom is -0.462 e. The van der Waals surface area contributed by atoms with Gasteiger partial charge in [-0.3, -0.25) is 14.4 Å². The van der Waals surface area contributed by atoms with E-state index < -0.39 is 6.10 Å². The Bertz CT molecular complexity index is 967. The quantitative estimate of drug-likeness (QED) is 0.0344. The van der Waals surface area contributed by atoms with Crippen molar-refractivity contribution in [3.63, 3.8) is 0 Å². The summed E-state index contributed by atoms with van der Waals surface area (Å²) in [5, 5.41) is 0. The van der Waals surface area contributed by atoms with E-state index in [0.29, 0.717) is 19.3 Å². The molecule has 0 bridgehead atoms. The number of unbranched alkanes of at least 4 members (excludes halogenated alkanes) is 44. The first-order valence-electron chi connectivity index (χ1n) is 29.5. The third kappa shape index (κ3) is 53.2. The van der Waals surface area contributed by atoms with Crippen molar-refractivity contribution in [2.75, 3.05) is 13.2 Å². The Balaban J connectivity index is 3.97. The zero-order valence-corrected chi connectivity index (χ0v) is 44.3. The van der Waals surface area contributed by atoms with Crippen LogP contribution in [0, 0.1) is 0 Å². The molecule has 0 N–H and O–H groups in total. The van der Waals surface area contributed by atoms with Crippen LogP contribution in [0.15, 0.2) is 0 Å². The molecule has 0 saturated heterocycles. The number of carbonyl (C=O) groups excluding carboxylic acids is 3. The van der Waals surface area contributed by atoms with E-state index in [1.165, 1.54) is 244 Å². The van der Waals surface area contributed by atoms with Gasteiger partial charge in [-0.2, -0.15) is 0 Å². The van der Waals surface area contributed by atoms with Gasteiger partial charge in [-0.05, 0) is 19.3 Å². The first-order valence-corrected chi connectivity index (χ1v) is 29.5. The number of hydrogen-bond acceptors (Lipinski definition) is 6. The van der Waals surface area contributed by atoms with Gasteiger partial charge in [-0.15, -0.1) is 0 Å². The summed E-state index contributed by atoms with van der Waals surface area (Å²) in [4.78, 5) is 37.9. The number of esters is 3. The molecule has 0 aliphatic rings. The van der Waals surface area contributed by atoms with Crippen LogP contribution < -0.4 is 0 Å². The van der Waals surface area contributed by atoms with Crippen LogP contribution in [-0.2, 0) is 28.6 Å². The van der Waals surface area contributed by atoms with Crippen molar-refractivity contribution in [1.82, 2.24) is 0 Å². The molecule has 0 rings (SSSR count). The second kappa shape index (κ2) is 55.0. The van der Waals surface area contributed by atoms with Crippen LogP contribution in [-0.4, -0.2) is 37.2 Å². The Hall–Kier alpha value is -1.59. The highest BCUT2D eigenvalue weighted by atomic mass is 16.6. The van der Waals surface area contributed by atoms with E-state index in [1.807, 2.05) is 0 Å². The highest BCUT2D eigenvalue weighted by Crippen LogP contribution is 2.18. The van der Waals surface area contributed by atoms with E-state index in [9.17, 15) is 14.4 Å². The normalized spacial score (nSPS) is 11.9. The first kappa shape index (κ1) is 63.4. The lowest BCUT2D eigenvalue weighted by Gasteiger charge is -2.18. The maximum Gasteiger partial charge on any atom is 0.306 e. The topological polar surface area (TPSA) is 78.9 Å². The fourth-order valence-corrected chi connectivity index (χ4v) is 9.15. The average molecular weight is 920 g/mol. The minimum absolute atomic E-state index is 0.0621. The molecule has 0 spiro atoms. The van der Waals surface area contributed by atoms with Crippen molar-refractivity contribution in [3.8, 4) is 0 Å². The van der Waals surface area contributed by atoms with Crippen molar-refractivity contribution in [2.45, 2.75) is 348 Å². The lowest BCUT2D eigenvalue weighted by Crippen LogP contribution is -2.30. The number of hydrogen-bond donors (Lipinski definition) is 0. The maximum absolute atomic E-state index is 12.7. The molecular formula is C59H114O6. The summed E-state index contributed by atoms with van der Waals surface area (Å²) in [6, 6.07) is 0. The molecule has 0 amide bonds. The number of rotatable bonds is 55. The zero-order valence-electron chi connectivity index (χ0n) is 44.3. The van der Waals surface area contributed by atoms with Gasteiger partial charge in [0.25, 0.3) is 0 Å². The van der Waals surface area contributed by atoms with Crippen LogP contribution in [0.25, 0.3) is 0 Å². The molecule has 1 unspecified atom stereocenters. The molecule has 0 fully saturated rings. The predicted octanol–water partition coefficient (Wildman–Crippen LogP) is 19.5. The lowest BCUT2D eigenvalue weighted by atomic mass is 10.0. The number of carbonyl (C=O) groups is 3. The Morgan fingerprint density at radius 2 is 0.415 bits per heavy atom. The molecule has 0 aromatic heterocycles. The van der Waals surface area contributed by atoms with Gasteiger partial charge in [0, 0.05) is 19.3 Å². The zero-order chi connectivity index (χ0) is 47.2. The van der Waals surface area contributed by atoms with Gasteiger partial charge < -0.3 is 14.2 Å². The van der Waals surface area contributed by atoms with Crippen LogP contribution in [0.5, 0.6) is 0 Å². The lowest BCUT2D eigenvalue weighted by molar-refractivity contribution is -0.167. The van der Waals surface area contributed by atoms with Crippen LogP contribution in [0.3, 0.4) is 0 Å². The van der Waals surface area contributed by atoms with Crippen molar-refractivity contribution >= 4 is 17.9 Å².